The summed E-state index contributed by atoms with van der Waals surface area (Å²) < 4.78 is 1.81. The summed E-state index contributed by atoms with van der Waals surface area (Å²) >= 11 is 2.93. The smallest absolute Gasteiger partial charge is 0.303 e. The minimum atomic E-state index is 0.108. The highest BCUT2D eigenvalue weighted by atomic mass is 32.2. The van der Waals surface area contributed by atoms with Crippen LogP contribution in [0.1, 0.15) is 11.5 Å². The van der Waals surface area contributed by atoms with Gasteiger partial charge in [0.05, 0.1) is 5.52 Å². The van der Waals surface area contributed by atoms with Crippen LogP contribution in [0.2, 0.25) is 0 Å². The topological polar surface area (TPSA) is 47.8 Å². The fourth-order valence-electron chi connectivity index (χ4n) is 2.18. The van der Waals surface area contributed by atoms with Crippen LogP contribution in [0, 0.1) is 13.8 Å². The van der Waals surface area contributed by atoms with Crippen molar-refractivity contribution in [3.63, 3.8) is 0 Å². The zero-order valence-corrected chi connectivity index (χ0v) is 13.5. The second kappa shape index (κ2) is 5.99. The number of rotatable bonds is 4. The van der Waals surface area contributed by atoms with Crippen molar-refractivity contribution < 1.29 is 0 Å². The summed E-state index contributed by atoms with van der Waals surface area (Å²) in [5.41, 5.74) is 1.99. The first-order valence-electron chi connectivity index (χ1n) is 6.66. The quantitative estimate of drug-likeness (QED) is 0.547. The molecule has 0 aliphatic heterocycles. The van der Waals surface area contributed by atoms with Gasteiger partial charge in [-0.1, -0.05) is 29.5 Å². The van der Waals surface area contributed by atoms with E-state index in [4.69, 9.17) is 0 Å². The number of para-hydroxylation sites is 1. The van der Waals surface area contributed by atoms with Gasteiger partial charge in [0.1, 0.15) is 10.9 Å². The highest BCUT2D eigenvalue weighted by Gasteiger charge is 2.07. The lowest BCUT2D eigenvalue weighted by molar-refractivity contribution is 0.730. The van der Waals surface area contributed by atoms with Crippen molar-refractivity contribution in [2.75, 3.05) is 5.75 Å². The summed E-state index contributed by atoms with van der Waals surface area (Å²) in [4.78, 5) is 20.8. The van der Waals surface area contributed by atoms with Crippen molar-refractivity contribution in [3.05, 3.63) is 50.8 Å². The molecule has 0 N–H and O–H groups in total. The lowest BCUT2D eigenvalue weighted by Gasteiger charge is -2.07. The van der Waals surface area contributed by atoms with E-state index in [-0.39, 0.29) is 4.87 Å². The van der Waals surface area contributed by atoms with Crippen molar-refractivity contribution in [2.45, 2.75) is 25.4 Å². The van der Waals surface area contributed by atoms with Crippen LogP contribution in [-0.2, 0) is 6.54 Å². The van der Waals surface area contributed by atoms with Gasteiger partial charge in [-0.05, 0) is 19.9 Å². The second-order valence-electron chi connectivity index (χ2n) is 4.74. The van der Waals surface area contributed by atoms with Gasteiger partial charge in [-0.25, -0.2) is 9.97 Å². The highest BCUT2D eigenvalue weighted by Crippen LogP contribution is 2.25. The maximum Gasteiger partial charge on any atom is 0.307 e. The number of aryl methyl sites for hydroxylation is 2. The van der Waals surface area contributed by atoms with Gasteiger partial charge in [0, 0.05) is 28.8 Å². The van der Waals surface area contributed by atoms with E-state index in [2.05, 4.69) is 9.97 Å². The number of aromatic nitrogens is 3. The van der Waals surface area contributed by atoms with E-state index in [1.165, 1.54) is 11.3 Å². The van der Waals surface area contributed by atoms with Gasteiger partial charge in [-0.2, -0.15) is 0 Å². The molecule has 0 amide bonds. The molecule has 0 unspecified atom stereocenters. The molecule has 0 spiro atoms. The number of nitrogens with zero attached hydrogens (tertiary/aromatic N) is 3. The van der Waals surface area contributed by atoms with Gasteiger partial charge < -0.3 is 4.57 Å². The van der Waals surface area contributed by atoms with Crippen molar-refractivity contribution in [1.29, 1.82) is 0 Å². The number of thioether (sulfide) groups is 1. The van der Waals surface area contributed by atoms with Crippen LogP contribution in [0.15, 0.2) is 39.5 Å². The maximum absolute atomic E-state index is 11.7. The Balaban J connectivity index is 1.81. The minimum Gasteiger partial charge on any atom is -0.303 e. The van der Waals surface area contributed by atoms with Crippen LogP contribution in [0.4, 0.5) is 0 Å². The summed E-state index contributed by atoms with van der Waals surface area (Å²) in [5.74, 6) is 1.60. The standard InChI is InChI=1S/C15H15N3OS2/c1-10-9-21-15(19)18(10)7-8-20-14-12-5-3-4-6-13(12)16-11(2)17-14/h3-6,9H,7-8H2,1-2H3. The van der Waals surface area contributed by atoms with Gasteiger partial charge in [0.15, 0.2) is 0 Å². The van der Waals surface area contributed by atoms with Crippen LogP contribution in [0.5, 0.6) is 0 Å². The van der Waals surface area contributed by atoms with Crippen LogP contribution < -0.4 is 4.87 Å². The largest absolute Gasteiger partial charge is 0.307 e. The average molecular weight is 317 g/mol. The summed E-state index contributed by atoms with van der Waals surface area (Å²) in [6.45, 7) is 4.58. The molecule has 0 bridgehead atoms. The zero-order valence-electron chi connectivity index (χ0n) is 11.9. The van der Waals surface area contributed by atoms with E-state index in [1.54, 1.807) is 11.8 Å². The molecule has 21 heavy (non-hydrogen) atoms. The van der Waals surface area contributed by atoms with Gasteiger partial charge in [0.25, 0.3) is 0 Å². The molecule has 4 nitrogen and oxygen atoms in total. The fourth-order valence-corrected chi connectivity index (χ4v) is 3.93. The van der Waals surface area contributed by atoms with Gasteiger partial charge in [-0.3, -0.25) is 4.79 Å². The lowest BCUT2D eigenvalue weighted by atomic mass is 10.2. The normalized spacial score (nSPS) is 11.1. The monoisotopic (exact) mass is 317 g/mol. The third-order valence-corrected chi connectivity index (χ3v) is 5.06. The van der Waals surface area contributed by atoms with E-state index in [9.17, 15) is 4.79 Å². The average Bonchev–Trinajstić information content (AvgIpc) is 2.78. The molecule has 3 aromatic rings. The molecule has 1 aromatic carbocycles. The Hall–Kier alpha value is -1.66. The second-order valence-corrected chi connectivity index (χ2v) is 6.64. The predicted molar refractivity (Wildman–Crippen MR) is 88.3 cm³/mol. The first kappa shape index (κ1) is 14.3. The van der Waals surface area contributed by atoms with Crippen LogP contribution in [-0.4, -0.2) is 20.3 Å². The number of thiazole rings is 1. The number of fused-ring (bicyclic) bond motifs is 1. The Labute approximate surface area is 130 Å². The maximum atomic E-state index is 11.7. The molecule has 0 aliphatic carbocycles. The molecule has 0 saturated carbocycles. The first-order chi connectivity index (χ1) is 10.1. The Bertz CT molecular complexity index is 838. The Morgan fingerprint density at radius 3 is 2.81 bits per heavy atom. The summed E-state index contributed by atoms with van der Waals surface area (Å²) in [7, 11) is 0. The summed E-state index contributed by atoms with van der Waals surface area (Å²) in [6.07, 6.45) is 0. The fraction of sp³-hybridized carbons (Fsp3) is 0.267. The third kappa shape index (κ3) is 3.01. The van der Waals surface area contributed by atoms with E-state index in [1.807, 2.05) is 48.1 Å². The van der Waals surface area contributed by atoms with Gasteiger partial charge in [0.2, 0.25) is 0 Å². The van der Waals surface area contributed by atoms with Crippen LogP contribution in [0.3, 0.4) is 0 Å². The molecule has 0 fully saturated rings. The SMILES string of the molecule is Cc1nc(SCCn2c(C)csc2=O)c2ccccc2n1. The molecule has 108 valence electrons. The Morgan fingerprint density at radius 1 is 1.24 bits per heavy atom. The molecule has 2 heterocycles. The Morgan fingerprint density at radius 2 is 2.05 bits per heavy atom. The molecule has 0 aliphatic rings. The van der Waals surface area contributed by atoms with Crippen molar-refractivity contribution in [1.82, 2.24) is 14.5 Å². The van der Waals surface area contributed by atoms with E-state index in [0.717, 1.165) is 33.2 Å². The number of hydrogen-bond donors (Lipinski definition) is 0. The molecule has 0 atom stereocenters. The van der Waals surface area contributed by atoms with E-state index >= 15 is 0 Å². The lowest BCUT2D eigenvalue weighted by Crippen LogP contribution is -2.15. The summed E-state index contributed by atoms with van der Waals surface area (Å²) in [6, 6.07) is 8.02. The van der Waals surface area contributed by atoms with Gasteiger partial charge >= 0.3 is 4.87 Å². The molecule has 2 aromatic heterocycles. The van der Waals surface area contributed by atoms with Crippen LogP contribution >= 0.6 is 23.1 Å². The highest BCUT2D eigenvalue weighted by molar-refractivity contribution is 7.99. The third-order valence-electron chi connectivity index (χ3n) is 3.21. The van der Waals surface area contributed by atoms with Crippen LogP contribution in [0.25, 0.3) is 10.9 Å². The van der Waals surface area contributed by atoms with E-state index < -0.39 is 0 Å². The number of benzene rings is 1. The molecule has 3 rings (SSSR count). The predicted octanol–water partition coefficient (Wildman–Crippen LogP) is 3.26. The van der Waals surface area contributed by atoms with Crippen molar-refractivity contribution in [3.8, 4) is 0 Å². The number of hydrogen-bond acceptors (Lipinski definition) is 5. The zero-order chi connectivity index (χ0) is 14.8. The first-order valence-corrected chi connectivity index (χ1v) is 8.53. The van der Waals surface area contributed by atoms with Crippen molar-refractivity contribution in [2.24, 2.45) is 0 Å². The molecule has 6 heteroatoms. The summed E-state index contributed by atoms with van der Waals surface area (Å²) in [5, 5.41) is 3.96. The molecule has 0 saturated heterocycles. The van der Waals surface area contributed by atoms with Gasteiger partial charge in [-0.15, -0.1) is 11.8 Å². The molecular weight excluding hydrogens is 302 g/mol. The van der Waals surface area contributed by atoms with Crippen molar-refractivity contribution >= 4 is 34.0 Å². The van der Waals surface area contributed by atoms with E-state index in [0.29, 0.717) is 6.54 Å². The molecular formula is C15H15N3OS2. The minimum absolute atomic E-state index is 0.108. The Kier molecular flexibility index (Phi) is 4.07. The molecule has 0 radical (unpaired) electrons.